The Morgan fingerprint density at radius 3 is 2.50 bits per heavy atom. The van der Waals surface area contributed by atoms with Crippen molar-refractivity contribution in [2.75, 3.05) is 5.32 Å². The Bertz CT molecular complexity index is 1120. The number of benzene rings is 2. The number of hydrogen-bond acceptors (Lipinski definition) is 3. The highest BCUT2D eigenvalue weighted by molar-refractivity contribution is 9.10. The van der Waals surface area contributed by atoms with E-state index in [1.54, 1.807) is 31.2 Å². The van der Waals surface area contributed by atoms with Gasteiger partial charge < -0.3 is 10.6 Å². The topological polar surface area (TPSA) is 59.0 Å². The zero-order valence-corrected chi connectivity index (χ0v) is 19.2. The molecule has 0 unspecified atom stereocenters. The molecule has 3 atom stereocenters. The summed E-state index contributed by atoms with van der Waals surface area (Å²) < 4.78 is 43.3. The van der Waals surface area contributed by atoms with Crippen molar-refractivity contribution in [2.24, 2.45) is 0 Å². The summed E-state index contributed by atoms with van der Waals surface area (Å²) in [5.74, 6) is -0.665. The highest BCUT2D eigenvalue weighted by Crippen LogP contribution is 2.46. The van der Waals surface area contributed by atoms with Gasteiger partial charge >= 0.3 is 6.18 Å². The first kappa shape index (κ1) is 22.7. The maximum absolute atomic E-state index is 13.9. The van der Waals surface area contributed by atoms with Gasteiger partial charge in [-0.25, -0.2) is 4.68 Å². The molecule has 168 valence electrons. The van der Waals surface area contributed by atoms with Crippen LogP contribution in [0.3, 0.4) is 0 Å². The molecule has 2 N–H and O–H groups in total. The lowest BCUT2D eigenvalue weighted by Gasteiger charge is -2.33. The molecule has 1 aromatic heterocycles. The van der Waals surface area contributed by atoms with Gasteiger partial charge in [0.25, 0.3) is 5.91 Å². The number of fused-ring (bicyclic) bond motifs is 1. The molecule has 32 heavy (non-hydrogen) atoms. The van der Waals surface area contributed by atoms with Crippen LogP contribution in [0.15, 0.2) is 59.1 Å². The SMILES string of the molecule is C[C@H](NC(=O)c1nn2c(c1Cl)N[C@@H](c1ccc(Br)cc1)C[C@H]2C(F)(F)F)c1ccccc1. The highest BCUT2D eigenvalue weighted by Gasteiger charge is 2.47. The van der Waals surface area contributed by atoms with Crippen molar-refractivity contribution >= 4 is 39.3 Å². The van der Waals surface area contributed by atoms with Crippen molar-refractivity contribution < 1.29 is 18.0 Å². The molecule has 2 aromatic carbocycles. The lowest BCUT2D eigenvalue weighted by molar-refractivity contribution is -0.173. The Kier molecular flexibility index (Phi) is 6.22. The normalized spacial score (nSPS) is 19.1. The Hall–Kier alpha value is -2.52. The summed E-state index contributed by atoms with van der Waals surface area (Å²) >= 11 is 9.70. The number of amides is 1. The number of halogens is 5. The van der Waals surface area contributed by atoms with Crippen molar-refractivity contribution in [3.63, 3.8) is 0 Å². The van der Waals surface area contributed by atoms with E-state index in [9.17, 15) is 18.0 Å². The van der Waals surface area contributed by atoms with Gasteiger partial charge in [0.05, 0.1) is 12.1 Å². The second-order valence-corrected chi connectivity index (χ2v) is 8.90. The van der Waals surface area contributed by atoms with Crippen molar-refractivity contribution in [3.8, 4) is 0 Å². The van der Waals surface area contributed by atoms with Crippen LogP contribution >= 0.6 is 27.5 Å². The van der Waals surface area contributed by atoms with Crippen LogP contribution in [0.4, 0.5) is 19.0 Å². The Morgan fingerprint density at radius 1 is 1.22 bits per heavy atom. The Morgan fingerprint density at radius 2 is 1.88 bits per heavy atom. The summed E-state index contributed by atoms with van der Waals surface area (Å²) in [6.45, 7) is 1.78. The fourth-order valence-corrected chi connectivity index (χ4v) is 4.27. The van der Waals surface area contributed by atoms with Gasteiger partial charge in [0.15, 0.2) is 11.7 Å². The third-order valence-corrected chi connectivity index (χ3v) is 6.32. The van der Waals surface area contributed by atoms with Gasteiger partial charge in [-0.2, -0.15) is 18.3 Å². The Balaban J connectivity index is 1.66. The first-order valence-electron chi connectivity index (χ1n) is 9.87. The Labute approximate surface area is 196 Å². The number of alkyl halides is 3. The lowest BCUT2D eigenvalue weighted by atomic mass is 9.97. The molecule has 4 rings (SSSR count). The summed E-state index contributed by atoms with van der Waals surface area (Å²) in [6, 6.07) is 13.3. The van der Waals surface area contributed by atoms with Crippen LogP contribution in [-0.4, -0.2) is 21.9 Å². The van der Waals surface area contributed by atoms with Gasteiger partial charge in [0.1, 0.15) is 10.8 Å². The summed E-state index contributed by atoms with van der Waals surface area (Å²) in [5.41, 5.74) is 1.28. The average Bonchev–Trinajstić information content (AvgIpc) is 3.10. The molecule has 1 amide bonds. The average molecular weight is 528 g/mol. The van der Waals surface area contributed by atoms with Gasteiger partial charge in [-0.05, 0) is 30.2 Å². The number of anilines is 1. The lowest BCUT2D eigenvalue weighted by Crippen LogP contribution is -2.36. The van der Waals surface area contributed by atoms with E-state index in [0.717, 1.165) is 14.7 Å². The third kappa shape index (κ3) is 4.49. The number of hydrogen-bond donors (Lipinski definition) is 2. The number of carbonyl (C=O) groups is 1. The predicted octanol–water partition coefficient (Wildman–Crippen LogP) is 6.45. The quantitative estimate of drug-likeness (QED) is 0.410. The smallest absolute Gasteiger partial charge is 0.362 e. The van der Waals surface area contributed by atoms with Crippen molar-refractivity contribution in [1.29, 1.82) is 0 Å². The number of carbonyl (C=O) groups excluding carboxylic acids is 1. The van der Waals surface area contributed by atoms with Crippen LogP contribution in [0.5, 0.6) is 0 Å². The largest absolute Gasteiger partial charge is 0.410 e. The molecule has 0 radical (unpaired) electrons. The monoisotopic (exact) mass is 526 g/mol. The molecule has 0 fully saturated rings. The first-order valence-corrected chi connectivity index (χ1v) is 11.0. The fraction of sp³-hybridized carbons (Fsp3) is 0.273. The molecule has 2 heterocycles. The van der Waals surface area contributed by atoms with Gasteiger partial charge in [-0.3, -0.25) is 4.79 Å². The van der Waals surface area contributed by atoms with Gasteiger partial charge in [0, 0.05) is 10.9 Å². The first-order chi connectivity index (χ1) is 15.1. The van der Waals surface area contributed by atoms with Gasteiger partial charge in [0.2, 0.25) is 0 Å². The minimum atomic E-state index is -4.56. The van der Waals surface area contributed by atoms with E-state index >= 15 is 0 Å². The zero-order chi connectivity index (χ0) is 23.0. The molecule has 0 saturated heterocycles. The van der Waals surface area contributed by atoms with Crippen LogP contribution in [0.1, 0.15) is 53.1 Å². The van der Waals surface area contributed by atoms with E-state index in [2.05, 4.69) is 31.7 Å². The van der Waals surface area contributed by atoms with Gasteiger partial charge in [-0.1, -0.05) is 70.0 Å². The van der Waals surface area contributed by atoms with E-state index in [1.807, 2.05) is 30.3 Å². The van der Waals surface area contributed by atoms with Crippen molar-refractivity contribution in [1.82, 2.24) is 15.1 Å². The summed E-state index contributed by atoms with van der Waals surface area (Å²) in [5, 5.41) is 9.62. The van der Waals surface area contributed by atoms with E-state index in [1.165, 1.54) is 0 Å². The minimum Gasteiger partial charge on any atom is -0.362 e. The van der Waals surface area contributed by atoms with Crippen LogP contribution in [0.2, 0.25) is 5.02 Å². The number of nitrogens with zero attached hydrogens (tertiary/aromatic N) is 2. The maximum atomic E-state index is 13.9. The molecular formula is C22H19BrClF3N4O. The van der Waals surface area contributed by atoms with Crippen LogP contribution in [0.25, 0.3) is 0 Å². The molecular weight excluding hydrogens is 509 g/mol. The molecule has 5 nitrogen and oxygen atoms in total. The fourth-order valence-electron chi connectivity index (χ4n) is 3.74. The summed E-state index contributed by atoms with van der Waals surface area (Å²) in [4.78, 5) is 12.8. The molecule has 0 saturated carbocycles. The number of rotatable bonds is 4. The highest BCUT2D eigenvalue weighted by atomic mass is 79.9. The van der Waals surface area contributed by atoms with Crippen LogP contribution in [-0.2, 0) is 0 Å². The molecule has 0 aliphatic carbocycles. The molecule has 10 heteroatoms. The molecule has 1 aliphatic rings. The second-order valence-electron chi connectivity index (χ2n) is 7.60. The summed E-state index contributed by atoms with van der Waals surface area (Å²) in [7, 11) is 0. The maximum Gasteiger partial charge on any atom is 0.410 e. The van der Waals surface area contributed by atoms with Crippen LogP contribution < -0.4 is 10.6 Å². The van der Waals surface area contributed by atoms with Crippen molar-refractivity contribution in [2.45, 2.75) is 37.6 Å². The number of nitrogens with one attached hydrogen (secondary N) is 2. The van der Waals surface area contributed by atoms with Gasteiger partial charge in [-0.15, -0.1) is 0 Å². The molecule has 1 aliphatic heterocycles. The zero-order valence-electron chi connectivity index (χ0n) is 16.8. The second kappa shape index (κ2) is 8.78. The van der Waals surface area contributed by atoms with E-state index in [-0.39, 0.29) is 29.0 Å². The standard InChI is InChI=1S/C22H19BrClF3N4O/c1-12(13-5-3-2-4-6-13)28-21(32)19-18(24)20-29-16(14-7-9-15(23)10-8-14)11-17(22(25,26)27)31(20)30-19/h2-10,12,16-17,29H,11H2,1H3,(H,28,32)/t12-,16+,17-/m0/s1. The predicted molar refractivity (Wildman–Crippen MR) is 120 cm³/mol. The van der Waals surface area contributed by atoms with E-state index < -0.39 is 24.2 Å². The van der Waals surface area contributed by atoms with Crippen LogP contribution in [0, 0.1) is 0 Å². The van der Waals surface area contributed by atoms with E-state index in [0.29, 0.717) is 5.56 Å². The molecule has 0 spiro atoms. The number of aromatic nitrogens is 2. The minimum absolute atomic E-state index is 0.0225. The van der Waals surface area contributed by atoms with E-state index in [4.69, 9.17) is 11.6 Å². The van der Waals surface area contributed by atoms with Crippen molar-refractivity contribution in [3.05, 3.63) is 80.9 Å². The summed E-state index contributed by atoms with van der Waals surface area (Å²) in [6.07, 6.45) is -4.84. The molecule has 3 aromatic rings. The molecule has 0 bridgehead atoms. The third-order valence-electron chi connectivity index (χ3n) is 5.43.